The lowest BCUT2D eigenvalue weighted by atomic mass is 10.0. The van der Waals surface area contributed by atoms with Crippen LogP contribution in [0.25, 0.3) is 11.1 Å². The van der Waals surface area contributed by atoms with Crippen LogP contribution in [0.1, 0.15) is 39.2 Å². The summed E-state index contributed by atoms with van der Waals surface area (Å²) in [5.74, 6) is -0.221. The third kappa shape index (κ3) is 7.60. The average molecular weight is 633 g/mol. The molecule has 44 heavy (non-hydrogen) atoms. The van der Waals surface area contributed by atoms with E-state index in [-0.39, 0.29) is 11.7 Å². The summed E-state index contributed by atoms with van der Waals surface area (Å²) in [7, 11) is 0. The van der Waals surface area contributed by atoms with Gasteiger partial charge in [-0.1, -0.05) is 66.2 Å². The zero-order valence-corrected chi connectivity index (χ0v) is 26.4. The normalized spacial score (nSPS) is 11.2. The van der Waals surface area contributed by atoms with Gasteiger partial charge in [0.25, 0.3) is 0 Å². The summed E-state index contributed by atoms with van der Waals surface area (Å²) in [4.78, 5) is 26.2. The van der Waals surface area contributed by atoms with Gasteiger partial charge in [-0.25, -0.2) is 0 Å². The summed E-state index contributed by atoms with van der Waals surface area (Å²) in [6, 6.07) is 34.6. The number of hydrogen-bond acceptors (Lipinski definition) is 6. The van der Waals surface area contributed by atoms with E-state index >= 15 is 0 Å². The largest absolute Gasteiger partial charge is 0.332 e. The molecule has 6 nitrogen and oxygen atoms in total. The van der Waals surface area contributed by atoms with Crippen molar-refractivity contribution in [2.75, 3.05) is 16.0 Å². The lowest BCUT2D eigenvalue weighted by Crippen LogP contribution is -2.19. The maximum absolute atomic E-state index is 13.8. The molecule has 4 aromatic carbocycles. The van der Waals surface area contributed by atoms with E-state index in [4.69, 9.17) is 12.2 Å². The molecule has 0 radical (unpaired) electrons. The van der Waals surface area contributed by atoms with Gasteiger partial charge in [-0.2, -0.15) is 5.26 Å². The molecule has 1 unspecified atom stereocenters. The molecular weight excluding hydrogens is 605 g/mol. The first-order valence-electron chi connectivity index (χ1n) is 13.7. The summed E-state index contributed by atoms with van der Waals surface area (Å²) in [5.41, 5.74) is 6.31. The number of thiocarbonyl (C=S) groups is 1. The van der Waals surface area contributed by atoms with E-state index in [2.05, 4.69) is 22.0 Å². The van der Waals surface area contributed by atoms with Crippen LogP contribution >= 0.6 is 35.3 Å². The molecule has 0 fully saturated rings. The summed E-state index contributed by atoms with van der Waals surface area (Å²) < 4.78 is 0. The summed E-state index contributed by atoms with van der Waals surface area (Å²) in [6.07, 6.45) is 0. The Labute approximate surface area is 270 Å². The number of rotatable bonds is 9. The summed E-state index contributed by atoms with van der Waals surface area (Å²) in [5, 5.41) is 21.6. The molecule has 218 valence electrons. The first kappa shape index (κ1) is 30.7. The van der Waals surface area contributed by atoms with Crippen molar-refractivity contribution in [3.05, 3.63) is 131 Å². The highest BCUT2D eigenvalue weighted by Gasteiger charge is 2.25. The van der Waals surface area contributed by atoms with Crippen molar-refractivity contribution in [2.24, 2.45) is 0 Å². The Balaban J connectivity index is 1.32. The van der Waals surface area contributed by atoms with Gasteiger partial charge in [0.15, 0.2) is 10.9 Å². The Morgan fingerprint density at radius 3 is 2.25 bits per heavy atom. The number of Topliss-reactive ketones (excluding diaryl/α,β-unsaturated/α-hetero) is 1. The fourth-order valence-electron chi connectivity index (χ4n) is 4.45. The van der Waals surface area contributed by atoms with Crippen molar-refractivity contribution in [1.29, 1.82) is 5.26 Å². The van der Waals surface area contributed by atoms with Gasteiger partial charge in [-0.05, 0) is 79.7 Å². The molecule has 3 N–H and O–H groups in total. The Hall–Kier alpha value is -4.75. The topological polar surface area (TPSA) is 94.0 Å². The standard InChI is InChI=1S/C35H28N4O2S3/c1-22-11-13-25(14-12-22)31-21-43-34(30(31)20-36)39-33(41)32(26-7-4-3-5-8-26)44-29-10-6-9-28(19-29)38-35(42)37-27-17-15-24(16-18-27)23(2)40/h3-19,21,32H,1-2H3,(H,39,41)(H2,37,38,42). The van der Waals surface area contributed by atoms with Crippen LogP contribution in [0, 0.1) is 18.3 Å². The Morgan fingerprint density at radius 2 is 1.57 bits per heavy atom. The Morgan fingerprint density at radius 1 is 0.864 bits per heavy atom. The lowest BCUT2D eigenvalue weighted by molar-refractivity contribution is -0.115. The second-order valence-corrected chi connectivity index (χ2v) is 12.4. The number of hydrogen-bond donors (Lipinski definition) is 3. The quantitative estimate of drug-likeness (QED) is 0.0848. The van der Waals surface area contributed by atoms with Gasteiger partial charge >= 0.3 is 0 Å². The van der Waals surface area contributed by atoms with Gasteiger partial charge in [0.05, 0.1) is 5.56 Å². The molecule has 5 aromatic rings. The monoisotopic (exact) mass is 632 g/mol. The number of thioether (sulfide) groups is 1. The van der Waals surface area contributed by atoms with Crippen LogP contribution < -0.4 is 16.0 Å². The maximum atomic E-state index is 13.8. The predicted octanol–water partition coefficient (Wildman–Crippen LogP) is 9.08. The molecule has 9 heteroatoms. The fraction of sp³-hybridized carbons (Fsp3) is 0.0857. The third-order valence-electron chi connectivity index (χ3n) is 6.74. The van der Waals surface area contributed by atoms with Crippen LogP contribution in [0.5, 0.6) is 0 Å². The Bertz CT molecular complexity index is 1840. The molecule has 0 aliphatic rings. The number of ketones is 1. The van der Waals surface area contributed by atoms with Crippen LogP contribution in [-0.4, -0.2) is 16.8 Å². The van der Waals surface area contributed by atoms with E-state index in [1.165, 1.54) is 30.0 Å². The zero-order valence-electron chi connectivity index (χ0n) is 24.0. The molecule has 1 aromatic heterocycles. The number of thiophene rings is 1. The van der Waals surface area contributed by atoms with E-state index in [0.717, 1.165) is 38.5 Å². The van der Waals surface area contributed by atoms with Crippen molar-refractivity contribution in [2.45, 2.75) is 24.0 Å². The second kappa shape index (κ2) is 14.1. The molecule has 1 atom stereocenters. The number of carbonyl (C=O) groups is 2. The average Bonchev–Trinajstić information content (AvgIpc) is 3.43. The van der Waals surface area contributed by atoms with Gasteiger partial charge in [0.2, 0.25) is 5.91 Å². The summed E-state index contributed by atoms with van der Waals surface area (Å²) in [6.45, 7) is 3.55. The zero-order chi connectivity index (χ0) is 31.1. The van der Waals surface area contributed by atoms with Crippen LogP contribution in [0.2, 0.25) is 0 Å². The second-order valence-electron chi connectivity index (χ2n) is 9.97. The molecule has 5 rings (SSSR count). The molecule has 0 saturated heterocycles. The number of anilines is 3. The minimum Gasteiger partial charge on any atom is -0.332 e. The van der Waals surface area contributed by atoms with E-state index < -0.39 is 5.25 Å². The van der Waals surface area contributed by atoms with Crippen molar-refractivity contribution in [3.8, 4) is 17.2 Å². The van der Waals surface area contributed by atoms with Crippen molar-refractivity contribution in [1.82, 2.24) is 0 Å². The van der Waals surface area contributed by atoms with Gasteiger partial charge in [0, 0.05) is 32.8 Å². The van der Waals surface area contributed by atoms with Gasteiger partial charge in [0.1, 0.15) is 16.3 Å². The summed E-state index contributed by atoms with van der Waals surface area (Å²) >= 11 is 8.26. The molecule has 0 aliphatic heterocycles. The third-order valence-corrected chi connectivity index (χ3v) is 9.09. The number of carbonyl (C=O) groups excluding carboxylic acids is 2. The lowest BCUT2D eigenvalue weighted by Gasteiger charge is -2.18. The Kier molecular flexibility index (Phi) is 9.87. The van der Waals surface area contributed by atoms with Crippen LogP contribution in [0.15, 0.2) is 113 Å². The first-order chi connectivity index (χ1) is 21.3. The number of nitrogens with one attached hydrogen (secondary N) is 3. The predicted molar refractivity (Wildman–Crippen MR) is 186 cm³/mol. The highest BCUT2D eigenvalue weighted by atomic mass is 32.2. The van der Waals surface area contributed by atoms with Crippen LogP contribution in [-0.2, 0) is 4.79 Å². The molecule has 1 heterocycles. The minimum atomic E-state index is -0.576. The molecule has 1 amide bonds. The highest BCUT2D eigenvalue weighted by Crippen LogP contribution is 2.40. The SMILES string of the molecule is CC(=O)c1ccc(NC(=S)Nc2cccc(SC(C(=O)Nc3scc(-c4ccc(C)cc4)c3C#N)c3ccccc3)c2)cc1. The van der Waals surface area contributed by atoms with E-state index in [1.54, 1.807) is 24.3 Å². The molecule has 0 aliphatic carbocycles. The van der Waals surface area contributed by atoms with Gasteiger partial charge < -0.3 is 16.0 Å². The van der Waals surface area contributed by atoms with Crippen molar-refractivity contribution in [3.63, 3.8) is 0 Å². The number of amides is 1. The van der Waals surface area contributed by atoms with Crippen LogP contribution in [0.4, 0.5) is 16.4 Å². The first-order valence-corrected chi connectivity index (χ1v) is 15.9. The number of aryl methyl sites for hydroxylation is 1. The minimum absolute atomic E-state index is 0.00180. The molecule has 0 bridgehead atoms. The number of nitriles is 1. The maximum Gasteiger partial charge on any atom is 0.243 e. The van der Waals surface area contributed by atoms with Crippen molar-refractivity contribution >= 4 is 68.5 Å². The van der Waals surface area contributed by atoms with E-state index in [1.807, 2.05) is 91.2 Å². The molecular formula is C35H28N4O2S3. The van der Waals surface area contributed by atoms with E-state index in [0.29, 0.717) is 21.2 Å². The van der Waals surface area contributed by atoms with Crippen LogP contribution in [0.3, 0.4) is 0 Å². The molecule has 0 saturated carbocycles. The van der Waals surface area contributed by atoms with Gasteiger partial charge in [-0.3, -0.25) is 9.59 Å². The highest BCUT2D eigenvalue weighted by molar-refractivity contribution is 8.00. The van der Waals surface area contributed by atoms with Gasteiger partial charge in [-0.15, -0.1) is 23.1 Å². The fourth-order valence-corrected chi connectivity index (χ4v) is 6.69. The van der Waals surface area contributed by atoms with E-state index in [9.17, 15) is 14.9 Å². The number of benzene rings is 4. The van der Waals surface area contributed by atoms with Crippen molar-refractivity contribution < 1.29 is 9.59 Å². The number of nitrogens with zero attached hydrogens (tertiary/aromatic N) is 1. The molecule has 0 spiro atoms. The smallest absolute Gasteiger partial charge is 0.243 e.